The average molecular weight is 336 g/mol. The number of nitrogens with zero attached hydrogens (tertiary/aromatic N) is 4. The summed E-state index contributed by atoms with van der Waals surface area (Å²) in [6, 6.07) is 13.2. The fourth-order valence-electron chi connectivity index (χ4n) is 4.88. The predicted molar refractivity (Wildman–Crippen MR) is 101 cm³/mol. The van der Waals surface area contributed by atoms with Crippen LogP contribution in [0.4, 0.5) is 0 Å². The van der Waals surface area contributed by atoms with Gasteiger partial charge < -0.3 is 0 Å². The van der Waals surface area contributed by atoms with E-state index in [1.54, 1.807) is 0 Å². The summed E-state index contributed by atoms with van der Waals surface area (Å²) in [5.74, 6) is 0. The third-order valence-electron chi connectivity index (χ3n) is 5.92. The van der Waals surface area contributed by atoms with Crippen LogP contribution < -0.4 is 25.8 Å². The Kier molecular flexibility index (Phi) is 2.59. The Balaban J connectivity index is 1.87. The molecule has 4 aromatic rings. The van der Waals surface area contributed by atoms with Gasteiger partial charge in [-0.25, -0.2) is 14.1 Å². The number of rotatable bonds is 0. The number of benzene rings is 2. The van der Waals surface area contributed by atoms with Gasteiger partial charge in [-0.3, -0.25) is 0 Å². The second-order valence-electron chi connectivity index (χ2n) is 7.30. The first kappa shape index (κ1) is 14.1. The largest absolute Gasteiger partial charge is 0.378 e. The van der Waals surface area contributed by atoms with Crippen molar-refractivity contribution in [1.82, 2.24) is 9.97 Å². The molecule has 0 N–H and O–H groups in total. The molecule has 2 aliphatic rings. The van der Waals surface area contributed by atoms with E-state index in [0.29, 0.717) is 0 Å². The van der Waals surface area contributed by atoms with Crippen molar-refractivity contribution in [2.75, 3.05) is 0 Å². The predicted octanol–water partition coefficient (Wildman–Crippen LogP) is -0.320. The average Bonchev–Trinajstić information content (AvgIpc) is 2.66. The fourth-order valence-corrected chi connectivity index (χ4v) is 4.88. The second kappa shape index (κ2) is 4.76. The molecular formula is C21H17BN4+2. The number of hydrogen-bond acceptors (Lipinski definition) is 2. The molecule has 0 saturated carbocycles. The maximum Gasteiger partial charge on any atom is 0.378 e. The third-order valence-corrected chi connectivity index (χ3v) is 5.92. The van der Waals surface area contributed by atoms with Crippen LogP contribution in [0, 0.1) is 0 Å². The normalized spacial score (nSPS) is 13.5. The van der Waals surface area contributed by atoms with Crippen molar-refractivity contribution in [2.45, 2.75) is 6.42 Å². The lowest BCUT2D eigenvalue weighted by atomic mass is 9.34. The lowest BCUT2D eigenvalue weighted by Crippen LogP contribution is -2.74. The summed E-state index contributed by atoms with van der Waals surface area (Å²) in [4.78, 5) is 9.42. The van der Waals surface area contributed by atoms with Crippen molar-refractivity contribution in [3.8, 4) is 11.1 Å². The Labute approximate surface area is 151 Å². The number of hydrogen-bond donors (Lipinski definition) is 0. The summed E-state index contributed by atoms with van der Waals surface area (Å²) >= 11 is 0. The highest BCUT2D eigenvalue weighted by atomic mass is 15.0. The number of fused-ring (bicyclic) bond motifs is 4. The molecule has 0 radical (unpaired) electrons. The molecule has 26 heavy (non-hydrogen) atoms. The lowest BCUT2D eigenvalue weighted by molar-refractivity contribution is -0.660. The molecule has 0 fully saturated rings. The van der Waals surface area contributed by atoms with E-state index in [9.17, 15) is 0 Å². The van der Waals surface area contributed by atoms with Gasteiger partial charge in [-0.05, 0) is 33.2 Å². The van der Waals surface area contributed by atoms with E-state index in [4.69, 9.17) is 4.98 Å². The SMILES string of the molecule is C[n+]1ccnc2c1B1c3c(cccc3-c3cccc4nc[n+](C)c1c34)C2. The molecule has 0 saturated heterocycles. The van der Waals surface area contributed by atoms with Crippen molar-refractivity contribution in [2.24, 2.45) is 14.1 Å². The summed E-state index contributed by atoms with van der Waals surface area (Å²) in [5.41, 5.74) is 10.3. The van der Waals surface area contributed by atoms with Crippen LogP contribution in [-0.2, 0) is 20.5 Å². The van der Waals surface area contributed by atoms with Gasteiger partial charge in [0.25, 0.3) is 6.33 Å². The van der Waals surface area contributed by atoms with Gasteiger partial charge in [0.2, 0.25) is 0 Å². The Morgan fingerprint density at radius 3 is 2.69 bits per heavy atom. The summed E-state index contributed by atoms with van der Waals surface area (Å²) in [6.07, 6.45) is 6.81. The molecule has 5 heteroatoms. The van der Waals surface area contributed by atoms with Crippen molar-refractivity contribution in [3.05, 3.63) is 66.4 Å². The minimum absolute atomic E-state index is 0.189. The first-order chi connectivity index (χ1) is 12.7. The number of aromatic nitrogens is 4. The topological polar surface area (TPSA) is 33.5 Å². The van der Waals surface area contributed by atoms with Crippen LogP contribution in [0.1, 0.15) is 11.3 Å². The van der Waals surface area contributed by atoms with Crippen molar-refractivity contribution < 1.29 is 9.13 Å². The van der Waals surface area contributed by atoms with Gasteiger partial charge in [-0.15, -0.1) is 0 Å². The molecule has 2 aromatic heterocycles. The molecular weight excluding hydrogens is 319 g/mol. The second-order valence-corrected chi connectivity index (χ2v) is 7.30. The molecule has 0 aliphatic carbocycles. The van der Waals surface area contributed by atoms with E-state index < -0.39 is 0 Å². The van der Waals surface area contributed by atoms with Gasteiger partial charge in [-0.2, -0.15) is 0 Å². The van der Waals surface area contributed by atoms with E-state index in [1.807, 2.05) is 12.5 Å². The van der Waals surface area contributed by atoms with Crippen LogP contribution in [0.3, 0.4) is 0 Å². The Morgan fingerprint density at radius 2 is 1.77 bits per heavy atom. The molecule has 0 bridgehead atoms. The maximum absolute atomic E-state index is 4.73. The zero-order chi connectivity index (χ0) is 17.4. The Hall–Kier alpha value is -3.08. The Morgan fingerprint density at radius 1 is 0.923 bits per heavy atom. The van der Waals surface area contributed by atoms with E-state index in [-0.39, 0.29) is 6.71 Å². The highest BCUT2D eigenvalue weighted by Crippen LogP contribution is 2.31. The van der Waals surface area contributed by atoms with Crippen LogP contribution in [0.25, 0.3) is 22.0 Å². The molecule has 122 valence electrons. The first-order valence-electron chi connectivity index (χ1n) is 8.97. The van der Waals surface area contributed by atoms with Gasteiger partial charge in [-0.1, -0.05) is 30.3 Å². The van der Waals surface area contributed by atoms with Gasteiger partial charge in [0, 0.05) is 6.42 Å². The van der Waals surface area contributed by atoms with Crippen LogP contribution in [-0.4, -0.2) is 16.7 Å². The lowest BCUT2D eigenvalue weighted by Gasteiger charge is -2.29. The fraction of sp³-hybridized carbons (Fsp3) is 0.143. The summed E-state index contributed by atoms with van der Waals surface area (Å²) < 4.78 is 4.44. The van der Waals surface area contributed by atoms with Crippen molar-refractivity contribution >= 4 is 34.3 Å². The smallest absolute Gasteiger partial charge is 0.249 e. The van der Waals surface area contributed by atoms with E-state index in [2.05, 4.69) is 70.8 Å². The molecule has 0 atom stereocenters. The van der Waals surface area contributed by atoms with Crippen LogP contribution in [0.5, 0.6) is 0 Å². The van der Waals surface area contributed by atoms with Crippen LogP contribution >= 0.6 is 0 Å². The zero-order valence-electron chi connectivity index (χ0n) is 14.8. The molecule has 2 aliphatic heterocycles. The minimum Gasteiger partial charge on any atom is -0.249 e. The van der Waals surface area contributed by atoms with Gasteiger partial charge in [0.15, 0.2) is 17.3 Å². The third kappa shape index (κ3) is 1.61. The highest BCUT2D eigenvalue weighted by molar-refractivity contribution is 6.97. The summed E-state index contributed by atoms with van der Waals surface area (Å²) in [5, 5.41) is 1.27. The molecule has 0 spiro atoms. The van der Waals surface area contributed by atoms with Crippen molar-refractivity contribution in [1.29, 1.82) is 0 Å². The molecule has 0 unspecified atom stereocenters. The van der Waals surface area contributed by atoms with Crippen molar-refractivity contribution in [3.63, 3.8) is 0 Å². The van der Waals surface area contributed by atoms with E-state index >= 15 is 0 Å². The molecule has 0 amide bonds. The van der Waals surface area contributed by atoms with E-state index in [0.717, 1.165) is 11.9 Å². The summed E-state index contributed by atoms with van der Waals surface area (Å²) in [6.45, 7) is 0.189. The minimum atomic E-state index is 0.189. The van der Waals surface area contributed by atoms with Crippen LogP contribution in [0.2, 0.25) is 0 Å². The molecule has 4 nitrogen and oxygen atoms in total. The van der Waals surface area contributed by atoms with Crippen LogP contribution in [0.15, 0.2) is 55.1 Å². The van der Waals surface area contributed by atoms with Gasteiger partial charge in [0.1, 0.15) is 12.7 Å². The maximum atomic E-state index is 4.73. The van der Waals surface area contributed by atoms with Gasteiger partial charge in [0.05, 0.1) is 24.2 Å². The standard InChI is InChI=1S/C21H17BN4/c1-25-10-9-23-17-11-13-5-3-7-15-14-6-4-8-16-18(14)21(26(2)12-24-16)22(19(13)15)20(17)25/h3-10,12H,11H2,1-2H3/q+2. The molecule has 2 aromatic carbocycles. The van der Waals surface area contributed by atoms with Gasteiger partial charge >= 0.3 is 6.71 Å². The highest BCUT2D eigenvalue weighted by Gasteiger charge is 2.47. The first-order valence-corrected chi connectivity index (χ1v) is 8.97. The quantitative estimate of drug-likeness (QED) is 0.281. The molecule has 4 heterocycles. The van der Waals surface area contributed by atoms with E-state index in [1.165, 1.54) is 44.4 Å². The molecule has 6 rings (SSSR count). The Bertz CT molecular complexity index is 1250. The monoisotopic (exact) mass is 336 g/mol. The zero-order valence-corrected chi connectivity index (χ0v) is 14.8. The number of aryl methyl sites for hydroxylation is 2. The summed E-state index contributed by atoms with van der Waals surface area (Å²) in [7, 11) is 4.24.